The van der Waals surface area contributed by atoms with Gasteiger partial charge in [-0.15, -0.1) is 0 Å². The molecule has 0 aromatic carbocycles. The molecule has 16 heavy (non-hydrogen) atoms. The van der Waals surface area contributed by atoms with Crippen molar-refractivity contribution >= 4 is 5.97 Å². The lowest BCUT2D eigenvalue weighted by Gasteiger charge is -2.14. The molecule has 0 amide bonds. The minimum atomic E-state index is -4.10. The van der Waals surface area contributed by atoms with Gasteiger partial charge in [0, 0.05) is 6.08 Å². The molecule has 2 nitrogen and oxygen atoms in total. The van der Waals surface area contributed by atoms with E-state index in [-0.39, 0.29) is 13.0 Å². The van der Waals surface area contributed by atoms with Gasteiger partial charge >= 0.3 is 12.1 Å². The molecule has 5 heteroatoms. The number of unbranched alkanes of at least 4 members (excludes halogenated alkanes) is 2. The standard InChI is InChI=1S/C11H17F3O2/c1-3-10(15)16-8-6-4-5-7-9(2)11(12,13)14/h3,9H,1,4-8H2,2H3. The summed E-state index contributed by atoms with van der Waals surface area (Å²) in [5.41, 5.74) is 0. The molecule has 0 aliphatic rings. The summed E-state index contributed by atoms with van der Waals surface area (Å²) in [4.78, 5) is 10.6. The van der Waals surface area contributed by atoms with Gasteiger partial charge in [0.1, 0.15) is 0 Å². The van der Waals surface area contributed by atoms with Gasteiger partial charge in [-0.2, -0.15) is 13.2 Å². The highest BCUT2D eigenvalue weighted by atomic mass is 19.4. The lowest BCUT2D eigenvalue weighted by Crippen LogP contribution is -2.19. The Morgan fingerprint density at radius 2 is 2.00 bits per heavy atom. The molecule has 0 fully saturated rings. The number of ether oxygens (including phenoxy) is 1. The number of hydrogen-bond donors (Lipinski definition) is 0. The van der Waals surface area contributed by atoms with Gasteiger partial charge < -0.3 is 4.74 Å². The largest absolute Gasteiger partial charge is 0.463 e. The van der Waals surface area contributed by atoms with E-state index >= 15 is 0 Å². The number of rotatable bonds is 7. The van der Waals surface area contributed by atoms with E-state index in [1.165, 1.54) is 6.92 Å². The fourth-order valence-electron chi connectivity index (χ4n) is 1.12. The second kappa shape index (κ2) is 7.30. The van der Waals surface area contributed by atoms with Crippen molar-refractivity contribution in [3.05, 3.63) is 12.7 Å². The molecule has 0 aliphatic carbocycles. The summed E-state index contributed by atoms with van der Waals surface area (Å²) >= 11 is 0. The summed E-state index contributed by atoms with van der Waals surface area (Å²) in [6.45, 7) is 4.65. The Bertz CT molecular complexity index is 224. The average molecular weight is 238 g/mol. The highest BCUT2D eigenvalue weighted by Crippen LogP contribution is 2.29. The maximum atomic E-state index is 12.1. The first-order chi connectivity index (χ1) is 7.38. The Hall–Kier alpha value is -1.00. The van der Waals surface area contributed by atoms with Crippen LogP contribution >= 0.6 is 0 Å². The van der Waals surface area contributed by atoms with Crippen LogP contribution in [0.25, 0.3) is 0 Å². The smallest absolute Gasteiger partial charge is 0.391 e. The first-order valence-electron chi connectivity index (χ1n) is 5.24. The van der Waals surface area contributed by atoms with Crippen molar-refractivity contribution in [2.24, 2.45) is 5.92 Å². The normalized spacial score (nSPS) is 13.2. The molecule has 0 aromatic rings. The number of carbonyl (C=O) groups is 1. The van der Waals surface area contributed by atoms with E-state index < -0.39 is 18.1 Å². The molecule has 0 aliphatic heterocycles. The summed E-state index contributed by atoms with van der Waals surface area (Å²) in [6, 6.07) is 0. The number of hydrogen-bond acceptors (Lipinski definition) is 2. The van der Waals surface area contributed by atoms with E-state index in [1.54, 1.807) is 0 Å². The Balaban J connectivity index is 3.41. The second-order valence-electron chi connectivity index (χ2n) is 3.66. The topological polar surface area (TPSA) is 26.3 Å². The first-order valence-corrected chi connectivity index (χ1v) is 5.24. The van der Waals surface area contributed by atoms with Crippen molar-refractivity contribution in [3.8, 4) is 0 Å². The fourth-order valence-corrected chi connectivity index (χ4v) is 1.12. The number of halogens is 3. The van der Waals surface area contributed by atoms with Gasteiger partial charge in [-0.25, -0.2) is 4.79 Å². The van der Waals surface area contributed by atoms with E-state index in [1.807, 2.05) is 0 Å². The molecule has 0 saturated carbocycles. The van der Waals surface area contributed by atoms with Gasteiger partial charge in [0.15, 0.2) is 0 Å². The van der Waals surface area contributed by atoms with Gasteiger partial charge in [-0.05, 0) is 12.8 Å². The summed E-state index contributed by atoms with van der Waals surface area (Å²) in [5, 5.41) is 0. The molecular weight excluding hydrogens is 221 g/mol. The van der Waals surface area contributed by atoms with Crippen molar-refractivity contribution in [2.45, 2.75) is 38.8 Å². The molecule has 0 radical (unpaired) electrons. The number of alkyl halides is 3. The molecular formula is C11H17F3O2. The Kier molecular flexibility index (Phi) is 6.85. The minimum Gasteiger partial charge on any atom is -0.463 e. The van der Waals surface area contributed by atoms with Crippen LogP contribution in [0, 0.1) is 5.92 Å². The summed E-state index contributed by atoms with van der Waals surface area (Å²) in [5.74, 6) is -1.76. The van der Waals surface area contributed by atoms with Crippen LogP contribution in [0.2, 0.25) is 0 Å². The van der Waals surface area contributed by atoms with Gasteiger partial charge in [0.05, 0.1) is 12.5 Å². The monoisotopic (exact) mass is 238 g/mol. The van der Waals surface area contributed by atoms with Crippen molar-refractivity contribution < 1.29 is 22.7 Å². The second-order valence-corrected chi connectivity index (χ2v) is 3.66. The summed E-state index contributed by atoms with van der Waals surface area (Å²) in [7, 11) is 0. The molecule has 0 spiro atoms. The zero-order chi connectivity index (χ0) is 12.6. The maximum Gasteiger partial charge on any atom is 0.391 e. The maximum absolute atomic E-state index is 12.1. The van der Waals surface area contributed by atoms with Crippen LogP contribution in [0.1, 0.15) is 32.6 Å². The van der Waals surface area contributed by atoms with Crippen LogP contribution in [0.15, 0.2) is 12.7 Å². The molecule has 0 aromatic heterocycles. The minimum absolute atomic E-state index is 0.124. The molecule has 1 atom stereocenters. The van der Waals surface area contributed by atoms with Crippen LogP contribution < -0.4 is 0 Å². The quantitative estimate of drug-likeness (QED) is 0.385. The molecule has 0 heterocycles. The van der Waals surface area contributed by atoms with Gasteiger partial charge in [-0.3, -0.25) is 0 Å². The zero-order valence-electron chi connectivity index (χ0n) is 9.35. The van der Waals surface area contributed by atoms with Crippen LogP contribution in [0.5, 0.6) is 0 Å². The van der Waals surface area contributed by atoms with Crippen LogP contribution in [0.4, 0.5) is 13.2 Å². The molecule has 94 valence electrons. The van der Waals surface area contributed by atoms with Crippen molar-refractivity contribution in [1.29, 1.82) is 0 Å². The third kappa shape index (κ3) is 7.31. The van der Waals surface area contributed by atoms with Crippen molar-refractivity contribution in [1.82, 2.24) is 0 Å². The molecule has 1 unspecified atom stereocenters. The molecule has 0 saturated heterocycles. The fraction of sp³-hybridized carbons (Fsp3) is 0.727. The molecule has 0 rings (SSSR count). The average Bonchev–Trinajstić information content (AvgIpc) is 2.20. The van der Waals surface area contributed by atoms with Crippen molar-refractivity contribution in [3.63, 3.8) is 0 Å². The first kappa shape index (κ1) is 15.0. The number of esters is 1. The SMILES string of the molecule is C=CC(=O)OCCCCCC(C)C(F)(F)F. The van der Waals surface area contributed by atoms with Gasteiger partial charge in [-0.1, -0.05) is 26.3 Å². The van der Waals surface area contributed by atoms with Gasteiger partial charge in [0.2, 0.25) is 0 Å². The predicted octanol–water partition coefficient (Wildman–Crippen LogP) is 3.47. The lowest BCUT2D eigenvalue weighted by atomic mass is 10.0. The van der Waals surface area contributed by atoms with E-state index in [0.717, 1.165) is 6.08 Å². The molecule has 0 N–H and O–H groups in total. The Morgan fingerprint density at radius 3 is 2.50 bits per heavy atom. The van der Waals surface area contributed by atoms with Crippen molar-refractivity contribution in [2.75, 3.05) is 6.61 Å². The Labute approximate surface area is 93.5 Å². The summed E-state index contributed by atoms with van der Waals surface area (Å²) < 4.78 is 41.0. The third-order valence-corrected chi connectivity index (χ3v) is 2.25. The number of carbonyl (C=O) groups excluding carboxylic acids is 1. The van der Waals surface area contributed by atoms with Crippen LogP contribution in [0.3, 0.4) is 0 Å². The Morgan fingerprint density at radius 1 is 1.38 bits per heavy atom. The zero-order valence-corrected chi connectivity index (χ0v) is 9.35. The van der Waals surface area contributed by atoms with Gasteiger partial charge in [0.25, 0.3) is 0 Å². The van der Waals surface area contributed by atoms with Crippen LogP contribution in [-0.4, -0.2) is 18.8 Å². The summed E-state index contributed by atoms with van der Waals surface area (Å²) in [6.07, 6.45) is -1.21. The van der Waals surface area contributed by atoms with E-state index in [4.69, 9.17) is 0 Å². The highest BCUT2D eigenvalue weighted by molar-refractivity contribution is 5.81. The van der Waals surface area contributed by atoms with E-state index in [2.05, 4.69) is 11.3 Å². The lowest BCUT2D eigenvalue weighted by molar-refractivity contribution is -0.171. The third-order valence-electron chi connectivity index (χ3n) is 2.25. The highest BCUT2D eigenvalue weighted by Gasteiger charge is 2.34. The van der Waals surface area contributed by atoms with E-state index in [9.17, 15) is 18.0 Å². The van der Waals surface area contributed by atoms with Crippen LogP contribution in [-0.2, 0) is 9.53 Å². The molecule has 0 bridgehead atoms. The predicted molar refractivity (Wildman–Crippen MR) is 54.8 cm³/mol. The van der Waals surface area contributed by atoms with E-state index in [0.29, 0.717) is 19.3 Å².